The first-order valence-corrected chi connectivity index (χ1v) is 12.3. The van der Waals surface area contributed by atoms with Gasteiger partial charge in [-0.2, -0.15) is 4.98 Å². The van der Waals surface area contributed by atoms with E-state index in [2.05, 4.69) is 26.3 Å². The lowest BCUT2D eigenvalue weighted by Crippen LogP contribution is -2.48. The van der Waals surface area contributed by atoms with Crippen LogP contribution >= 0.6 is 11.6 Å². The maximum absolute atomic E-state index is 13.8. The van der Waals surface area contributed by atoms with Crippen LogP contribution in [0, 0.1) is 24.6 Å². The molecule has 34 heavy (non-hydrogen) atoms. The fourth-order valence-electron chi connectivity index (χ4n) is 5.65. The van der Waals surface area contributed by atoms with Crippen molar-refractivity contribution in [1.82, 2.24) is 24.7 Å². The Labute approximate surface area is 202 Å². The SMILES string of the molecule is Cc1cc(N2C[C@H]3CC[C@@H](C2)[C@@H]3Nc2nc3n(n2)CCC[C@H]3Oc2cc(F)cc(Cl)c2)ncn1. The summed E-state index contributed by atoms with van der Waals surface area (Å²) in [7, 11) is 0. The summed E-state index contributed by atoms with van der Waals surface area (Å²) in [5.74, 6) is 3.45. The minimum absolute atomic E-state index is 0.283. The van der Waals surface area contributed by atoms with Crippen molar-refractivity contribution < 1.29 is 9.13 Å². The maximum Gasteiger partial charge on any atom is 0.242 e. The van der Waals surface area contributed by atoms with Crippen LogP contribution in [0.15, 0.2) is 30.6 Å². The molecule has 1 aliphatic carbocycles. The van der Waals surface area contributed by atoms with Crippen molar-refractivity contribution in [2.75, 3.05) is 23.3 Å². The summed E-state index contributed by atoms with van der Waals surface area (Å²) in [5.41, 5.74) is 0.989. The van der Waals surface area contributed by atoms with Gasteiger partial charge in [-0.05, 0) is 56.6 Å². The fraction of sp³-hybridized carbons (Fsp3) is 0.500. The maximum atomic E-state index is 13.8. The van der Waals surface area contributed by atoms with Gasteiger partial charge in [0.2, 0.25) is 5.95 Å². The van der Waals surface area contributed by atoms with E-state index in [1.807, 2.05) is 11.6 Å². The molecule has 2 aromatic heterocycles. The normalized spacial score (nSPS) is 25.8. The Kier molecular flexibility index (Phi) is 5.51. The third kappa shape index (κ3) is 4.17. The van der Waals surface area contributed by atoms with E-state index in [1.165, 1.54) is 25.0 Å². The van der Waals surface area contributed by atoms with Crippen molar-refractivity contribution in [3.63, 3.8) is 0 Å². The molecular formula is C24H27ClFN7O. The standard InChI is InChI=1S/C24H27ClFN7O/c1-14-7-21(28-13-27-14)32-11-15-4-5-16(12-32)22(15)29-24-30-23-20(3-2-6-33(23)31-24)34-19-9-17(25)8-18(26)10-19/h7-10,13,15-16,20,22H,2-6,11-12H2,1H3,(H,29,31)/t15-,16+,20-,22-/m1/s1. The molecule has 4 atom stereocenters. The number of hydrogen-bond donors (Lipinski definition) is 1. The topological polar surface area (TPSA) is 81.0 Å². The van der Waals surface area contributed by atoms with E-state index < -0.39 is 5.82 Å². The zero-order valence-electron chi connectivity index (χ0n) is 19.0. The van der Waals surface area contributed by atoms with Gasteiger partial charge in [0.25, 0.3) is 0 Å². The van der Waals surface area contributed by atoms with Crippen LogP contribution in [0.25, 0.3) is 0 Å². The molecule has 3 aliphatic rings. The molecule has 2 bridgehead atoms. The Morgan fingerprint density at radius 3 is 2.68 bits per heavy atom. The molecule has 2 aliphatic heterocycles. The number of nitrogens with zero attached hydrogens (tertiary/aromatic N) is 6. The Hall–Kier alpha value is -2.94. The van der Waals surface area contributed by atoms with Crippen molar-refractivity contribution in [1.29, 1.82) is 0 Å². The van der Waals surface area contributed by atoms with Gasteiger partial charge in [0.15, 0.2) is 11.9 Å². The molecule has 0 spiro atoms. The van der Waals surface area contributed by atoms with Gasteiger partial charge in [-0.15, -0.1) is 5.10 Å². The van der Waals surface area contributed by atoms with Crippen LogP contribution in [-0.4, -0.2) is 43.9 Å². The summed E-state index contributed by atoms with van der Waals surface area (Å²) >= 11 is 6.00. The molecule has 0 amide bonds. The Bertz CT molecular complexity index is 1170. The molecule has 10 heteroatoms. The third-order valence-corrected chi connectivity index (χ3v) is 7.40. The number of fused-ring (bicyclic) bond motifs is 3. The van der Waals surface area contributed by atoms with Crippen LogP contribution in [0.4, 0.5) is 16.2 Å². The average Bonchev–Trinajstić information content (AvgIpc) is 3.30. The number of benzene rings is 1. The second-order valence-corrected chi connectivity index (χ2v) is 10.00. The summed E-state index contributed by atoms with van der Waals surface area (Å²) in [6, 6.07) is 6.65. The number of anilines is 2. The lowest BCUT2D eigenvalue weighted by molar-refractivity contribution is 0.155. The predicted molar refractivity (Wildman–Crippen MR) is 127 cm³/mol. The number of rotatable bonds is 5. The highest BCUT2D eigenvalue weighted by molar-refractivity contribution is 6.30. The molecule has 1 saturated carbocycles. The largest absolute Gasteiger partial charge is 0.482 e. The Morgan fingerprint density at radius 1 is 1.09 bits per heavy atom. The van der Waals surface area contributed by atoms with E-state index in [-0.39, 0.29) is 6.10 Å². The van der Waals surface area contributed by atoms with Crippen molar-refractivity contribution >= 4 is 23.4 Å². The molecule has 1 aromatic carbocycles. The minimum atomic E-state index is -0.416. The minimum Gasteiger partial charge on any atom is -0.482 e. The molecule has 6 rings (SSSR count). The summed E-state index contributed by atoms with van der Waals surface area (Å²) in [5, 5.41) is 8.70. The van der Waals surface area contributed by atoms with E-state index in [9.17, 15) is 4.39 Å². The van der Waals surface area contributed by atoms with E-state index >= 15 is 0 Å². The first-order valence-electron chi connectivity index (χ1n) is 11.9. The molecule has 2 fully saturated rings. The van der Waals surface area contributed by atoms with Crippen LogP contribution in [0.3, 0.4) is 0 Å². The molecule has 178 valence electrons. The predicted octanol–water partition coefficient (Wildman–Crippen LogP) is 4.41. The van der Waals surface area contributed by atoms with Gasteiger partial charge < -0.3 is 15.0 Å². The molecule has 1 saturated heterocycles. The molecule has 0 unspecified atom stereocenters. The number of nitrogens with one attached hydrogen (secondary N) is 1. The highest BCUT2D eigenvalue weighted by Crippen LogP contribution is 2.40. The van der Waals surface area contributed by atoms with Gasteiger partial charge in [-0.25, -0.2) is 19.0 Å². The average molecular weight is 484 g/mol. The summed E-state index contributed by atoms with van der Waals surface area (Å²) in [6.07, 6.45) is 5.45. The smallest absolute Gasteiger partial charge is 0.242 e. The van der Waals surface area contributed by atoms with Crippen LogP contribution in [0.2, 0.25) is 5.02 Å². The first-order chi connectivity index (χ1) is 16.5. The molecule has 4 heterocycles. The Balaban J connectivity index is 1.17. The van der Waals surface area contributed by atoms with Gasteiger partial charge in [-0.3, -0.25) is 0 Å². The number of hydrogen-bond acceptors (Lipinski definition) is 7. The van der Waals surface area contributed by atoms with E-state index in [1.54, 1.807) is 12.4 Å². The molecule has 3 aromatic rings. The highest BCUT2D eigenvalue weighted by Gasteiger charge is 2.43. The second kappa shape index (κ2) is 8.69. The van der Waals surface area contributed by atoms with Crippen LogP contribution in [0.5, 0.6) is 5.75 Å². The number of aromatic nitrogens is 5. The molecule has 0 radical (unpaired) electrons. The first kappa shape index (κ1) is 21.6. The van der Waals surface area contributed by atoms with Crippen LogP contribution in [0.1, 0.15) is 43.3 Å². The fourth-order valence-corrected chi connectivity index (χ4v) is 5.87. The van der Waals surface area contributed by atoms with Crippen LogP contribution in [-0.2, 0) is 6.54 Å². The number of piperidine rings is 1. The van der Waals surface area contributed by atoms with Gasteiger partial charge in [0.1, 0.15) is 23.7 Å². The van der Waals surface area contributed by atoms with Crippen molar-refractivity contribution in [3.8, 4) is 5.75 Å². The summed E-state index contributed by atoms with van der Waals surface area (Å²) in [6.45, 7) is 4.72. The van der Waals surface area contributed by atoms with E-state index in [0.29, 0.717) is 34.6 Å². The number of ether oxygens (including phenoxy) is 1. The van der Waals surface area contributed by atoms with Gasteiger partial charge in [-0.1, -0.05) is 11.6 Å². The van der Waals surface area contributed by atoms with Gasteiger partial charge in [0.05, 0.1) is 0 Å². The van der Waals surface area contributed by atoms with Crippen molar-refractivity contribution in [2.45, 2.75) is 51.3 Å². The molecule has 1 N–H and O–H groups in total. The lowest BCUT2D eigenvalue weighted by atomic mass is 9.92. The highest BCUT2D eigenvalue weighted by atomic mass is 35.5. The van der Waals surface area contributed by atoms with Crippen molar-refractivity contribution in [3.05, 3.63) is 53.0 Å². The second-order valence-electron chi connectivity index (χ2n) is 9.56. The van der Waals surface area contributed by atoms with Crippen molar-refractivity contribution in [2.24, 2.45) is 11.8 Å². The van der Waals surface area contributed by atoms with Crippen LogP contribution < -0.4 is 15.0 Å². The quantitative estimate of drug-likeness (QED) is 0.575. The molecule has 8 nitrogen and oxygen atoms in total. The summed E-state index contributed by atoms with van der Waals surface area (Å²) < 4.78 is 21.8. The number of aryl methyl sites for hydroxylation is 2. The third-order valence-electron chi connectivity index (χ3n) is 7.18. The van der Waals surface area contributed by atoms with E-state index in [0.717, 1.165) is 49.8 Å². The number of halogens is 2. The summed E-state index contributed by atoms with van der Waals surface area (Å²) in [4.78, 5) is 15.9. The zero-order chi connectivity index (χ0) is 23.2. The molecular weight excluding hydrogens is 457 g/mol. The monoisotopic (exact) mass is 483 g/mol. The van der Waals surface area contributed by atoms with Gasteiger partial charge in [0, 0.05) is 48.5 Å². The lowest BCUT2D eigenvalue weighted by Gasteiger charge is -2.38. The zero-order valence-corrected chi connectivity index (χ0v) is 19.7. The Morgan fingerprint density at radius 2 is 1.91 bits per heavy atom. The van der Waals surface area contributed by atoms with E-state index in [4.69, 9.17) is 26.4 Å². The van der Waals surface area contributed by atoms with Gasteiger partial charge >= 0.3 is 0 Å².